The van der Waals surface area contributed by atoms with Crippen LogP contribution < -0.4 is 0 Å². The number of hydrogen-bond acceptors (Lipinski definition) is 2. The Bertz CT molecular complexity index is 917. The standard InChI is InChI=1S/C36H66O2Si2/c1-16-17-22-29(3)34(38-40(14,15)36(9,10)11)24-23-32-30(4)27-31(5)33(32)26-28(2)21-19-18-20-25-37-39(12,13)35(6,7)8/h21,23-24,29-30,32-34H,5,18-20,22,25-27H2,1-4,6-15H3/b24-23+,28-21+/t29?,30-,32+,33+,34-/m1/s1. The predicted molar refractivity (Wildman–Crippen MR) is 184 cm³/mol. The Labute approximate surface area is 253 Å². The molecule has 40 heavy (non-hydrogen) atoms. The lowest BCUT2D eigenvalue weighted by Crippen LogP contribution is -2.45. The van der Waals surface area contributed by atoms with Crippen LogP contribution in [0.3, 0.4) is 0 Å². The van der Waals surface area contributed by atoms with Crippen molar-refractivity contribution in [2.75, 3.05) is 6.61 Å². The monoisotopic (exact) mass is 586 g/mol. The molecule has 1 unspecified atom stereocenters. The van der Waals surface area contributed by atoms with Crippen LogP contribution in [0.1, 0.15) is 108 Å². The van der Waals surface area contributed by atoms with Gasteiger partial charge in [0.25, 0.3) is 0 Å². The van der Waals surface area contributed by atoms with Crippen LogP contribution in [-0.4, -0.2) is 29.3 Å². The number of allylic oxidation sites excluding steroid dienone is 4. The van der Waals surface area contributed by atoms with Gasteiger partial charge < -0.3 is 8.85 Å². The Morgan fingerprint density at radius 3 is 2.20 bits per heavy atom. The average molecular weight is 587 g/mol. The molecule has 1 fully saturated rings. The SMILES string of the molecule is C=C1C[C@@H](C)[C@H](/C=C/[C@@H](O[Si](C)(C)C(C)(C)C)C(C)CC#CC)[C@H]1C/C(C)=C/CCCCO[Si](C)(C)C(C)(C)C. The van der Waals surface area contributed by atoms with Gasteiger partial charge in [0, 0.05) is 13.0 Å². The van der Waals surface area contributed by atoms with Crippen LogP contribution in [0.5, 0.6) is 0 Å². The normalized spacial score (nSPS) is 22.9. The molecule has 5 atom stereocenters. The molecule has 0 aromatic heterocycles. The first-order valence-corrected chi connectivity index (χ1v) is 21.8. The Morgan fingerprint density at radius 2 is 1.65 bits per heavy atom. The van der Waals surface area contributed by atoms with Crippen molar-refractivity contribution >= 4 is 16.6 Å². The molecule has 0 amide bonds. The van der Waals surface area contributed by atoms with E-state index in [1.807, 2.05) is 6.92 Å². The number of rotatable bonds is 14. The van der Waals surface area contributed by atoms with Crippen molar-refractivity contribution in [2.24, 2.45) is 23.7 Å². The topological polar surface area (TPSA) is 18.5 Å². The summed E-state index contributed by atoms with van der Waals surface area (Å²) in [6.07, 6.45) is 14.1. The van der Waals surface area contributed by atoms with Crippen LogP contribution in [-0.2, 0) is 8.85 Å². The van der Waals surface area contributed by atoms with E-state index in [1.165, 1.54) is 17.6 Å². The fraction of sp³-hybridized carbons (Fsp3) is 0.778. The van der Waals surface area contributed by atoms with Crippen molar-refractivity contribution in [2.45, 2.75) is 150 Å². The molecule has 0 aliphatic heterocycles. The van der Waals surface area contributed by atoms with Crippen LogP contribution in [0.2, 0.25) is 36.3 Å². The van der Waals surface area contributed by atoms with E-state index in [0.29, 0.717) is 23.7 Å². The summed E-state index contributed by atoms with van der Waals surface area (Å²) < 4.78 is 13.3. The first-order chi connectivity index (χ1) is 18.2. The molecule has 0 bridgehead atoms. The van der Waals surface area contributed by atoms with Crippen molar-refractivity contribution in [3.8, 4) is 11.8 Å². The summed E-state index contributed by atoms with van der Waals surface area (Å²) in [6.45, 7) is 37.7. The van der Waals surface area contributed by atoms with E-state index in [0.717, 1.165) is 38.7 Å². The highest BCUT2D eigenvalue weighted by Gasteiger charge is 2.40. The molecule has 0 saturated heterocycles. The van der Waals surface area contributed by atoms with Crippen LogP contribution in [0.15, 0.2) is 36.0 Å². The number of hydrogen-bond donors (Lipinski definition) is 0. The molecule has 0 N–H and O–H groups in total. The Kier molecular flexibility index (Phi) is 14.5. The molecule has 0 radical (unpaired) electrons. The summed E-state index contributed by atoms with van der Waals surface area (Å²) >= 11 is 0. The third-order valence-electron chi connectivity index (χ3n) is 10.1. The maximum Gasteiger partial charge on any atom is 0.192 e. The fourth-order valence-corrected chi connectivity index (χ4v) is 7.45. The minimum atomic E-state index is -1.90. The third-order valence-corrected chi connectivity index (χ3v) is 19.1. The van der Waals surface area contributed by atoms with Gasteiger partial charge in [0.15, 0.2) is 16.6 Å². The van der Waals surface area contributed by atoms with Gasteiger partial charge in [0.2, 0.25) is 0 Å². The molecule has 0 spiro atoms. The Balaban J connectivity index is 2.87. The zero-order chi connectivity index (χ0) is 30.9. The summed E-state index contributed by atoms with van der Waals surface area (Å²) in [4.78, 5) is 0. The summed E-state index contributed by atoms with van der Waals surface area (Å²) in [5.41, 5.74) is 2.93. The fourth-order valence-electron chi connectivity index (χ4n) is 5.02. The minimum Gasteiger partial charge on any atom is -0.417 e. The van der Waals surface area contributed by atoms with Gasteiger partial charge >= 0.3 is 0 Å². The average Bonchev–Trinajstić information content (AvgIpc) is 3.07. The van der Waals surface area contributed by atoms with Crippen molar-refractivity contribution in [1.29, 1.82) is 0 Å². The largest absolute Gasteiger partial charge is 0.417 e. The van der Waals surface area contributed by atoms with Gasteiger partial charge in [-0.2, -0.15) is 0 Å². The maximum absolute atomic E-state index is 6.97. The van der Waals surface area contributed by atoms with E-state index in [-0.39, 0.29) is 16.2 Å². The van der Waals surface area contributed by atoms with E-state index in [1.54, 1.807) is 0 Å². The lowest BCUT2D eigenvalue weighted by atomic mass is 9.84. The van der Waals surface area contributed by atoms with Gasteiger partial charge in [-0.3, -0.25) is 0 Å². The van der Waals surface area contributed by atoms with Crippen molar-refractivity contribution < 1.29 is 8.85 Å². The van der Waals surface area contributed by atoms with Crippen molar-refractivity contribution in [1.82, 2.24) is 0 Å². The van der Waals surface area contributed by atoms with Gasteiger partial charge in [-0.25, -0.2) is 0 Å². The Hall–Kier alpha value is -0.866. The highest BCUT2D eigenvalue weighted by atomic mass is 28.4. The molecule has 1 aliphatic carbocycles. The van der Waals surface area contributed by atoms with Crippen LogP contribution in [0, 0.1) is 35.5 Å². The third kappa shape index (κ3) is 11.4. The highest BCUT2D eigenvalue weighted by Crippen LogP contribution is 2.45. The second-order valence-corrected chi connectivity index (χ2v) is 25.3. The lowest BCUT2D eigenvalue weighted by Gasteiger charge is -2.40. The van der Waals surface area contributed by atoms with E-state index >= 15 is 0 Å². The van der Waals surface area contributed by atoms with Crippen LogP contribution >= 0.6 is 0 Å². The molecule has 0 heterocycles. The predicted octanol–water partition coefficient (Wildman–Crippen LogP) is 11.3. The lowest BCUT2D eigenvalue weighted by molar-refractivity contribution is 0.169. The summed E-state index contributed by atoms with van der Waals surface area (Å²) in [5, 5.41) is 0.472. The second kappa shape index (κ2) is 15.6. The van der Waals surface area contributed by atoms with E-state index in [2.05, 4.69) is 125 Å². The molecular weight excluding hydrogens is 521 g/mol. The first-order valence-electron chi connectivity index (χ1n) is 16.0. The minimum absolute atomic E-state index is 0.105. The van der Waals surface area contributed by atoms with Crippen LogP contribution in [0.25, 0.3) is 0 Å². The quantitative estimate of drug-likeness (QED) is 0.0872. The summed E-state index contributed by atoms with van der Waals surface area (Å²) in [5.74, 6) is 8.41. The van der Waals surface area contributed by atoms with Gasteiger partial charge in [-0.15, -0.1) is 11.8 Å². The van der Waals surface area contributed by atoms with Gasteiger partial charge in [-0.1, -0.05) is 91.3 Å². The van der Waals surface area contributed by atoms with Gasteiger partial charge in [-0.05, 0) is 106 Å². The van der Waals surface area contributed by atoms with E-state index < -0.39 is 16.6 Å². The smallest absolute Gasteiger partial charge is 0.192 e. The zero-order valence-corrected chi connectivity index (χ0v) is 31.1. The molecule has 1 aliphatic rings. The van der Waals surface area contributed by atoms with Gasteiger partial charge in [0.05, 0.1) is 6.10 Å². The highest BCUT2D eigenvalue weighted by molar-refractivity contribution is 6.74. The molecule has 230 valence electrons. The summed E-state index contributed by atoms with van der Waals surface area (Å²) in [7, 11) is -3.53. The molecule has 1 rings (SSSR count). The van der Waals surface area contributed by atoms with E-state index in [4.69, 9.17) is 8.85 Å². The second-order valence-electron chi connectivity index (χ2n) is 15.7. The zero-order valence-electron chi connectivity index (χ0n) is 29.1. The van der Waals surface area contributed by atoms with Crippen LogP contribution in [0.4, 0.5) is 0 Å². The van der Waals surface area contributed by atoms with E-state index in [9.17, 15) is 0 Å². The molecule has 2 nitrogen and oxygen atoms in total. The maximum atomic E-state index is 6.97. The number of unbranched alkanes of at least 4 members (excludes halogenated alkanes) is 2. The molecular formula is C36H66O2Si2. The van der Waals surface area contributed by atoms with Crippen molar-refractivity contribution in [3.05, 3.63) is 36.0 Å². The summed E-state index contributed by atoms with van der Waals surface area (Å²) in [6, 6.07) is 0. The molecule has 0 aromatic carbocycles. The Morgan fingerprint density at radius 1 is 1.05 bits per heavy atom. The van der Waals surface area contributed by atoms with Crippen molar-refractivity contribution in [3.63, 3.8) is 0 Å². The molecule has 4 heteroatoms. The van der Waals surface area contributed by atoms with Gasteiger partial charge in [0.1, 0.15) is 0 Å². The first kappa shape index (κ1) is 37.2. The molecule has 1 saturated carbocycles. The molecule has 0 aromatic rings.